The number of ether oxygens (including phenoxy) is 1. The monoisotopic (exact) mass is 396 g/mol. The maximum Gasteiger partial charge on any atom is 0.339 e. The molecule has 0 radical (unpaired) electrons. The van der Waals surface area contributed by atoms with Crippen LogP contribution in [0, 0.1) is 0 Å². The first-order valence-electron chi connectivity index (χ1n) is 9.69. The molecule has 0 aliphatic heterocycles. The van der Waals surface area contributed by atoms with Gasteiger partial charge in [-0.2, -0.15) is 0 Å². The zero-order valence-corrected chi connectivity index (χ0v) is 16.7. The lowest BCUT2D eigenvalue weighted by Gasteiger charge is -2.11. The number of aromatic nitrogens is 4. The molecule has 3 aromatic heterocycles. The van der Waals surface area contributed by atoms with Crippen molar-refractivity contribution >= 4 is 28.0 Å². The summed E-state index contributed by atoms with van der Waals surface area (Å²) in [5.41, 5.74) is 5.12. The Balaban J connectivity index is 1.71. The molecule has 5 aromatic rings. The van der Waals surface area contributed by atoms with Gasteiger partial charge in [-0.25, -0.2) is 14.8 Å². The van der Waals surface area contributed by atoms with Crippen molar-refractivity contribution in [2.75, 3.05) is 7.11 Å². The summed E-state index contributed by atoms with van der Waals surface area (Å²) in [6, 6.07) is 22.6. The number of hydrogen-bond donors (Lipinski definition) is 0. The third kappa shape index (κ3) is 2.93. The van der Waals surface area contributed by atoms with Crippen molar-refractivity contribution in [3.05, 3.63) is 84.1 Å². The van der Waals surface area contributed by atoms with Crippen LogP contribution in [0.5, 0.6) is 0 Å². The highest BCUT2D eigenvalue weighted by molar-refractivity contribution is 5.93. The highest BCUT2D eigenvalue weighted by atomic mass is 16.5. The van der Waals surface area contributed by atoms with Crippen molar-refractivity contribution in [1.29, 1.82) is 0 Å². The molecule has 0 spiro atoms. The summed E-state index contributed by atoms with van der Waals surface area (Å²) in [6.07, 6.45) is 1.53. The average molecular weight is 396 g/mol. The number of fused-ring (bicyclic) bond motifs is 2. The van der Waals surface area contributed by atoms with Crippen LogP contribution in [0.15, 0.2) is 72.9 Å². The number of para-hydroxylation sites is 1. The van der Waals surface area contributed by atoms with Gasteiger partial charge in [0, 0.05) is 30.7 Å². The number of methoxy groups -OCH3 is 1. The molecule has 0 N–H and O–H groups in total. The number of esters is 1. The molecule has 148 valence electrons. The number of benzene rings is 2. The molecule has 0 amide bonds. The third-order valence-electron chi connectivity index (χ3n) is 5.35. The maximum atomic E-state index is 11.9. The molecular formula is C24H20N4O2. The Bertz CT molecular complexity index is 1380. The van der Waals surface area contributed by atoms with Gasteiger partial charge in [-0.05, 0) is 23.8 Å². The molecule has 0 aliphatic carbocycles. The van der Waals surface area contributed by atoms with Gasteiger partial charge in [-0.3, -0.25) is 0 Å². The van der Waals surface area contributed by atoms with Crippen LogP contribution >= 0.6 is 0 Å². The summed E-state index contributed by atoms with van der Waals surface area (Å²) in [5, 5.41) is 1.15. The summed E-state index contributed by atoms with van der Waals surface area (Å²) in [4.78, 5) is 21.2. The van der Waals surface area contributed by atoms with Gasteiger partial charge in [0.25, 0.3) is 0 Å². The van der Waals surface area contributed by atoms with E-state index in [0.29, 0.717) is 16.7 Å². The van der Waals surface area contributed by atoms with E-state index < -0.39 is 5.97 Å². The second kappa shape index (κ2) is 7.15. The Hall–Kier alpha value is -3.93. The second-order valence-electron chi connectivity index (χ2n) is 7.21. The number of pyridine rings is 1. The molecule has 0 fully saturated rings. The van der Waals surface area contributed by atoms with Crippen LogP contribution in [0.3, 0.4) is 0 Å². The number of rotatable bonds is 4. The van der Waals surface area contributed by atoms with Gasteiger partial charge in [0.2, 0.25) is 0 Å². The van der Waals surface area contributed by atoms with Crippen LogP contribution < -0.4 is 0 Å². The number of carbonyl (C=O) groups is 1. The van der Waals surface area contributed by atoms with Crippen molar-refractivity contribution in [1.82, 2.24) is 19.1 Å². The predicted octanol–water partition coefficient (Wildman–Crippen LogP) is 4.42. The van der Waals surface area contributed by atoms with Crippen molar-refractivity contribution in [3.63, 3.8) is 0 Å². The first kappa shape index (κ1) is 18.1. The van der Waals surface area contributed by atoms with Gasteiger partial charge in [0.15, 0.2) is 11.5 Å². The van der Waals surface area contributed by atoms with Crippen LogP contribution in [-0.2, 0) is 18.3 Å². The van der Waals surface area contributed by atoms with E-state index in [-0.39, 0.29) is 0 Å². The van der Waals surface area contributed by atoms with Gasteiger partial charge in [-0.15, -0.1) is 0 Å². The molecule has 0 bridgehead atoms. The summed E-state index contributed by atoms with van der Waals surface area (Å²) in [6.45, 7) is 0.730. The number of hydrogen-bond acceptors (Lipinski definition) is 4. The zero-order valence-electron chi connectivity index (χ0n) is 16.7. The van der Waals surface area contributed by atoms with Crippen molar-refractivity contribution < 1.29 is 9.53 Å². The van der Waals surface area contributed by atoms with E-state index in [4.69, 9.17) is 9.72 Å². The number of imidazole rings is 1. The molecule has 3 heterocycles. The van der Waals surface area contributed by atoms with Crippen LogP contribution in [0.2, 0.25) is 0 Å². The van der Waals surface area contributed by atoms with Crippen LogP contribution in [0.4, 0.5) is 0 Å². The van der Waals surface area contributed by atoms with Crippen LogP contribution in [0.1, 0.15) is 15.9 Å². The minimum Gasteiger partial charge on any atom is -0.465 e. The van der Waals surface area contributed by atoms with E-state index in [1.807, 2.05) is 41.9 Å². The molecular weight excluding hydrogens is 376 g/mol. The van der Waals surface area contributed by atoms with E-state index in [0.717, 1.165) is 29.0 Å². The molecule has 6 nitrogen and oxygen atoms in total. The predicted molar refractivity (Wildman–Crippen MR) is 116 cm³/mol. The van der Waals surface area contributed by atoms with Crippen molar-refractivity contribution in [2.24, 2.45) is 7.05 Å². The topological polar surface area (TPSA) is 61.9 Å². The van der Waals surface area contributed by atoms with Gasteiger partial charge < -0.3 is 13.9 Å². The molecule has 5 rings (SSSR count). The first-order valence-corrected chi connectivity index (χ1v) is 9.69. The minimum atomic E-state index is -0.421. The summed E-state index contributed by atoms with van der Waals surface area (Å²) in [5.74, 6) is 0.376. The fraction of sp³-hybridized carbons (Fsp3) is 0.125. The van der Waals surface area contributed by atoms with E-state index in [1.165, 1.54) is 18.9 Å². The van der Waals surface area contributed by atoms with E-state index in [2.05, 4.69) is 39.9 Å². The molecule has 0 saturated carbocycles. The maximum absolute atomic E-state index is 11.9. The Labute approximate surface area is 173 Å². The minimum absolute atomic E-state index is 0.388. The van der Waals surface area contributed by atoms with Crippen LogP contribution in [-0.4, -0.2) is 32.2 Å². The van der Waals surface area contributed by atoms with Gasteiger partial charge >= 0.3 is 5.97 Å². The SMILES string of the molecule is COC(=O)c1cnc2c(c1)nc(-c1cc3ccccc3n1Cc1ccccc1)n2C. The molecule has 2 aromatic carbocycles. The van der Waals surface area contributed by atoms with E-state index in [9.17, 15) is 4.79 Å². The zero-order chi connectivity index (χ0) is 20.7. The molecule has 6 heteroatoms. The summed E-state index contributed by atoms with van der Waals surface area (Å²) >= 11 is 0. The van der Waals surface area contributed by atoms with Gasteiger partial charge in [-0.1, -0.05) is 48.5 Å². The molecule has 30 heavy (non-hydrogen) atoms. The average Bonchev–Trinajstić information content (AvgIpc) is 3.31. The van der Waals surface area contributed by atoms with E-state index >= 15 is 0 Å². The molecule has 0 saturated heterocycles. The van der Waals surface area contributed by atoms with E-state index in [1.54, 1.807) is 6.07 Å². The standard InChI is InChI=1S/C24H20N4O2/c1-27-22-19(12-18(14-25-22)24(29)30-2)26-23(27)21-13-17-10-6-7-11-20(17)28(21)15-16-8-4-3-5-9-16/h3-14H,15H2,1-2H3. The quantitative estimate of drug-likeness (QED) is 0.422. The largest absolute Gasteiger partial charge is 0.465 e. The Morgan fingerprint density at radius 1 is 1.03 bits per heavy atom. The second-order valence-corrected chi connectivity index (χ2v) is 7.21. The summed E-state index contributed by atoms with van der Waals surface area (Å²) < 4.78 is 9.05. The summed E-state index contributed by atoms with van der Waals surface area (Å²) in [7, 11) is 3.30. The highest BCUT2D eigenvalue weighted by Crippen LogP contribution is 2.30. The number of aryl methyl sites for hydroxylation is 1. The van der Waals surface area contributed by atoms with Gasteiger partial charge in [0.05, 0.1) is 18.4 Å². The van der Waals surface area contributed by atoms with Crippen molar-refractivity contribution in [2.45, 2.75) is 6.54 Å². The smallest absolute Gasteiger partial charge is 0.339 e. The Kier molecular flexibility index (Phi) is 4.32. The molecule has 0 atom stereocenters. The first-order chi connectivity index (χ1) is 14.7. The lowest BCUT2D eigenvalue weighted by molar-refractivity contribution is 0.0600. The number of nitrogens with zero attached hydrogens (tertiary/aromatic N) is 4. The fourth-order valence-corrected chi connectivity index (χ4v) is 3.87. The van der Waals surface area contributed by atoms with Crippen LogP contribution in [0.25, 0.3) is 33.6 Å². The Morgan fingerprint density at radius 2 is 1.80 bits per heavy atom. The van der Waals surface area contributed by atoms with Gasteiger partial charge in [0.1, 0.15) is 5.52 Å². The highest BCUT2D eigenvalue weighted by Gasteiger charge is 2.19. The normalized spacial score (nSPS) is 11.3. The lowest BCUT2D eigenvalue weighted by atomic mass is 10.2. The molecule has 0 aliphatic rings. The Morgan fingerprint density at radius 3 is 2.60 bits per heavy atom. The number of carbonyl (C=O) groups excluding carboxylic acids is 1. The lowest BCUT2D eigenvalue weighted by Crippen LogP contribution is -2.04. The van der Waals surface area contributed by atoms with Crippen molar-refractivity contribution in [3.8, 4) is 11.5 Å². The third-order valence-corrected chi connectivity index (χ3v) is 5.35. The fourth-order valence-electron chi connectivity index (χ4n) is 3.87. The molecule has 0 unspecified atom stereocenters.